The molecule has 176 valence electrons. The maximum Gasteiger partial charge on any atom is 0.325 e. The fourth-order valence-corrected chi connectivity index (χ4v) is 6.06. The molecule has 0 aromatic carbocycles. The van der Waals surface area contributed by atoms with Crippen molar-refractivity contribution in [2.24, 2.45) is 11.3 Å². The number of urea groups is 1. The zero-order valence-electron chi connectivity index (χ0n) is 19.1. The molecule has 10 heteroatoms. The van der Waals surface area contributed by atoms with Gasteiger partial charge in [-0.25, -0.2) is 13.2 Å². The van der Waals surface area contributed by atoms with Crippen LogP contribution in [0.15, 0.2) is 0 Å². The first-order valence-corrected chi connectivity index (χ1v) is 13.0. The number of carbonyl (C=O) groups is 3. The smallest absolute Gasteiger partial charge is 0.325 e. The van der Waals surface area contributed by atoms with Gasteiger partial charge in [0.2, 0.25) is 15.9 Å². The summed E-state index contributed by atoms with van der Waals surface area (Å²) in [4.78, 5) is 41.0. The molecule has 0 unspecified atom stereocenters. The van der Waals surface area contributed by atoms with E-state index in [1.165, 1.54) is 9.21 Å². The standard InChI is InChI=1S/C21H36N4O5S/c1-5-20(3,4)16-7-9-21(10-8-16)18(27)25(19(28)22-21)15-17(26)23-11-13-24(14-12-23)31(29,30)6-2/h16H,5-15H2,1-4H3,(H,22,28). The topological polar surface area (TPSA) is 107 Å². The van der Waals surface area contributed by atoms with E-state index in [2.05, 4.69) is 26.1 Å². The van der Waals surface area contributed by atoms with Crippen molar-refractivity contribution >= 4 is 27.9 Å². The highest BCUT2D eigenvalue weighted by atomic mass is 32.2. The summed E-state index contributed by atoms with van der Waals surface area (Å²) in [7, 11) is -3.28. The van der Waals surface area contributed by atoms with Crippen molar-refractivity contribution in [1.82, 2.24) is 19.4 Å². The minimum atomic E-state index is -3.28. The quantitative estimate of drug-likeness (QED) is 0.608. The number of rotatable bonds is 6. The third kappa shape index (κ3) is 4.60. The van der Waals surface area contributed by atoms with Crippen LogP contribution in [-0.4, -0.2) is 84.4 Å². The Morgan fingerprint density at radius 1 is 1.10 bits per heavy atom. The van der Waals surface area contributed by atoms with Crippen molar-refractivity contribution in [3.8, 4) is 0 Å². The third-order valence-corrected chi connectivity index (χ3v) is 9.63. The van der Waals surface area contributed by atoms with Crippen LogP contribution in [0.5, 0.6) is 0 Å². The largest absolute Gasteiger partial charge is 0.338 e. The van der Waals surface area contributed by atoms with E-state index in [1.807, 2.05) is 0 Å². The average molecular weight is 457 g/mol. The van der Waals surface area contributed by atoms with Gasteiger partial charge in [0.05, 0.1) is 5.75 Å². The Hall–Kier alpha value is -1.68. The number of carbonyl (C=O) groups excluding carboxylic acids is 3. The highest BCUT2D eigenvalue weighted by Gasteiger charge is 2.54. The molecule has 0 aromatic heterocycles. The monoisotopic (exact) mass is 456 g/mol. The van der Waals surface area contributed by atoms with Gasteiger partial charge in [-0.1, -0.05) is 27.2 Å². The molecule has 1 saturated carbocycles. The first kappa shape index (κ1) is 24.0. The molecule has 0 atom stereocenters. The number of imide groups is 1. The molecule has 0 radical (unpaired) electrons. The number of nitrogens with zero attached hydrogens (tertiary/aromatic N) is 3. The van der Waals surface area contributed by atoms with Gasteiger partial charge < -0.3 is 10.2 Å². The summed E-state index contributed by atoms with van der Waals surface area (Å²) in [5.41, 5.74) is -0.679. The first-order valence-electron chi connectivity index (χ1n) is 11.4. The highest BCUT2D eigenvalue weighted by Crippen LogP contribution is 2.45. The van der Waals surface area contributed by atoms with Crippen LogP contribution in [0.4, 0.5) is 4.79 Å². The van der Waals surface area contributed by atoms with E-state index in [1.54, 1.807) is 6.92 Å². The average Bonchev–Trinajstić information content (AvgIpc) is 2.98. The Balaban J connectivity index is 1.58. The predicted molar refractivity (Wildman–Crippen MR) is 117 cm³/mol. The van der Waals surface area contributed by atoms with Crippen molar-refractivity contribution in [2.45, 2.75) is 65.3 Å². The summed E-state index contributed by atoms with van der Waals surface area (Å²) in [6.07, 6.45) is 4.03. The molecular weight excluding hydrogens is 420 g/mol. The number of sulfonamides is 1. The second-order valence-electron chi connectivity index (χ2n) is 9.70. The number of hydrogen-bond donors (Lipinski definition) is 1. The van der Waals surface area contributed by atoms with Crippen molar-refractivity contribution in [3.63, 3.8) is 0 Å². The molecule has 0 aromatic rings. The Labute approximate surface area is 185 Å². The Morgan fingerprint density at radius 3 is 2.19 bits per heavy atom. The van der Waals surface area contributed by atoms with Crippen LogP contribution in [0.1, 0.15) is 59.8 Å². The van der Waals surface area contributed by atoms with Gasteiger partial charge in [-0.15, -0.1) is 0 Å². The van der Waals surface area contributed by atoms with Gasteiger partial charge >= 0.3 is 6.03 Å². The first-order chi connectivity index (χ1) is 14.5. The van der Waals surface area contributed by atoms with Crippen molar-refractivity contribution in [1.29, 1.82) is 0 Å². The maximum atomic E-state index is 13.1. The van der Waals surface area contributed by atoms with Crippen molar-refractivity contribution in [2.75, 3.05) is 38.5 Å². The van der Waals surface area contributed by atoms with Crippen molar-refractivity contribution < 1.29 is 22.8 Å². The number of piperazine rings is 1. The van der Waals surface area contributed by atoms with Crippen LogP contribution in [0.3, 0.4) is 0 Å². The highest BCUT2D eigenvalue weighted by molar-refractivity contribution is 7.89. The fourth-order valence-electron chi connectivity index (χ4n) is 4.97. The lowest BCUT2D eigenvalue weighted by molar-refractivity contribution is -0.140. The van der Waals surface area contributed by atoms with E-state index in [-0.39, 0.29) is 55.7 Å². The molecule has 2 aliphatic heterocycles. The molecule has 1 spiro atoms. The van der Waals surface area contributed by atoms with E-state index in [9.17, 15) is 22.8 Å². The van der Waals surface area contributed by atoms with E-state index in [4.69, 9.17) is 0 Å². The molecule has 1 aliphatic carbocycles. The molecule has 31 heavy (non-hydrogen) atoms. The van der Waals surface area contributed by atoms with Crippen LogP contribution in [-0.2, 0) is 19.6 Å². The summed E-state index contributed by atoms with van der Waals surface area (Å²) >= 11 is 0. The minimum absolute atomic E-state index is 0.0295. The van der Waals surface area contributed by atoms with Crippen molar-refractivity contribution in [3.05, 3.63) is 0 Å². The van der Waals surface area contributed by atoms with Gasteiger partial charge in [-0.2, -0.15) is 4.31 Å². The molecule has 2 saturated heterocycles. The SMILES string of the molecule is CCC(C)(C)C1CCC2(CC1)NC(=O)N(CC(=O)N1CCN(S(=O)(=O)CC)CC1)C2=O. The van der Waals surface area contributed by atoms with Crippen LogP contribution >= 0.6 is 0 Å². The molecule has 1 N–H and O–H groups in total. The Bertz CT molecular complexity index is 825. The van der Waals surface area contributed by atoms with Gasteiger partial charge in [0.15, 0.2) is 0 Å². The van der Waals surface area contributed by atoms with E-state index < -0.39 is 21.6 Å². The van der Waals surface area contributed by atoms with Gasteiger partial charge in [0.1, 0.15) is 12.1 Å². The van der Waals surface area contributed by atoms with Crippen LogP contribution in [0.25, 0.3) is 0 Å². The molecule has 3 fully saturated rings. The van der Waals surface area contributed by atoms with Crippen LogP contribution in [0, 0.1) is 11.3 Å². The zero-order chi connectivity index (χ0) is 23.0. The third-order valence-electron chi connectivity index (χ3n) is 7.74. The Morgan fingerprint density at radius 2 is 1.68 bits per heavy atom. The van der Waals surface area contributed by atoms with E-state index in [0.717, 1.165) is 24.2 Å². The summed E-state index contributed by atoms with van der Waals surface area (Å²) < 4.78 is 25.4. The summed E-state index contributed by atoms with van der Waals surface area (Å²) in [5.74, 6) is -0.0817. The number of amides is 4. The molecule has 3 rings (SSSR count). The zero-order valence-corrected chi connectivity index (χ0v) is 20.0. The van der Waals surface area contributed by atoms with Gasteiger partial charge in [-0.3, -0.25) is 14.5 Å². The molecule has 2 heterocycles. The number of nitrogens with one attached hydrogen (secondary N) is 1. The number of hydrogen-bond acceptors (Lipinski definition) is 5. The Kier molecular flexibility index (Phi) is 6.72. The molecule has 3 aliphatic rings. The van der Waals surface area contributed by atoms with Crippen LogP contribution < -0.4 is 5.32 Å². The molecule has 4 amide bonds. The van der Waals surface area contributed by atoms with Crippen LogP contribution in [0.2, 0.25) is 0 Å². The summed E-state index contributed by atoms with van der Waals surface area (Å²) in [6, 6.07) is -0.501. The fraction of sp³-hybridized carbons (Fsp3) is 0.857. The lowest BCUT2D eigenvalue weighted by atomic mass is 9.65. The minimum Gasteiger partial charge on any atom is -0.338 e. The molecular formula is C21H36N4O5S. The normalized spacial score (nSPS) is 28.3. The second-order valence-corrected chi connectivity index (χ2v) is 12.0. The summed E-state index contributed by atoms with van der Waals surface area (Å²) in [5, 5.41) is 2.88. The van der Waals surface area contributed by atoms with Gasteiger partial charge in [-0.05, 0) is 43.9 Å². The van der Waals surface area contributed by atoms with Gasteiger partial charge in [0.25, 0.3) is 5.91 Å². The summed E-state index contributed by atoms with van der Waals surface area (Å²) in [6.45, 7) is 8.98. The van der Waals surface area contributed by atoms with Gasteiger partial charge in [0, 0.05) is 26.2 Å². The van der Waals surface area contributed by atoms with E-state index >= 15 is 0 Å². The lowest BCUT2D eigenvalue weighted by Gasteiger charge is -2.42. The predicted octanol–water partition coefficient (Wildman–Crippen LogP) is 1.40. The molecule has 9 nitrogen and oxygen atoms in total. The molecule has 0 bridgehead atoms. The second kappa shape index (κ2) is 8.69. The lowest BCUT2D eigenvalue weighted by Crippen LogP contribution is -2.54. The maximum absolute atomic E-state index is 13.1. The van der Waals surface area contributed by atoms with E-state index in [0.29, 0.717) is 18.8 Å².